The normalized spacial score (nSPS) is 24.9. The molecular formula is C12H13F2NO. The summed E-state index contributed by atoms with van der Waals surface area (Å²) in [6.07, 6.45) is 1.85. The van der Waals surface area contributed by atoms with E-state index in [2.05, 4.69) is 0 Å². The molecule has 1 aromatic carbocycles. The van der Waals surface area contributed by atoms with Crippen LogP contribution >= 0.6 is 0 Å². The Bertz CT molecular complexity index is 439. The molecular weight excluding hydrogens is 212 g/mol. The van der Waals surface area contributed by atoms with Gasteiger partial charge in [0, 0.05) is 5.54 Å². The van der Waals surface area contributed by atoms with Crippen LogP contribution in [-0.4, -0.2) is 18.8 Å². The molecule has 1 saturated carbocycles. The Kier molecular flexibility index (Phi) is 1.92. The van der Waals surface area contributed by atoms with Crippen LogP contribution in [0.2, 0.25) is 0 Å². The summed E-state index contributed by atoms with van der Waals surface area (Å²) in [7, 11) is 0. The molecule has 1 aliphatic heterocycles. The standard InChI is InChI=1S/C12H13F2NO/c13-9-2-1-8(5-10(9)14)11(6-16-7-11)12(15)3-4-12/h1-2,5H,3-4,6-7,15H2. The van der Waals surface area contributed by atoms with Crippen molar-refractivity contribution in [2.75, 3.05) is 13.2 Å². The lowest BCUT2D eigenvalue weighted by Crippen LogP contribution is -2.60. The summed E-state index contributed by atoms with van der Waals surface area (Å²) in [4.78, 5) is 0. The minimum Gasteiger partial charge on any atom is -0.379 e. The third-order valence-corrected chi connectivity index (χ3v) is 3.91. The molecule has 0 radical (unpaired) electrons. The van der Waals surface area contributed by atoms with E-state index >= 15 is 0 Å². The van der Waals surface area contributed by atoms with Gasteiger partial charge >= 0.3 is 0 Å². The Morgan fingerprint density at radius 3 is 2.25 bits per heavy atom. The van der Waals surface area contributed by atoms with Gasteiger partial charge in [0.25, 0.3) is 0 Å². The van der Waals surface area contributed by atoms with Crippen molar-refractivity contribution in [1.29, 1.82) is 0 Å². The summed E-state index contributed by atoms with van der Waals surface area (Å²) in [5.74, 6) is -1.63. The molecule has 2 fully saturated rings. The van der Waals surface area contributed by atoms with Crippen LogP contribution in [0.25, 0.3) is 0 Å². The van der Waals surface area contributed by atoms with Crippen LogP contribution in [0.1, 0.15) is 18.4 Å². The molecule has 1 saturated heterocycles. The van der Waals surface area contributed by atoms with Crippen LogP contribution in [0, 0.1) is 11.6 Å². The van der Waals surface area contributed by atoms with E-state index in [1.165, 1.54) is 6.07 Å². The summed E-state index contributed by atoms with van der Waals surface area (Å²) < 4.78 is 31.3. The topological polar surface area (TPSA) is 35.2 Å². The van der Waals surface area contributed by atoms with E-state index in [0.29, 0.717) is 13.2 Å². The number of benzene rings is 1. The van der Waals surface area contributed by atoms with Crippen LogP contribution in [0.3, 0.4) is 0 Å². The molecule has 1 aromatic rings. The van der Waals surface area contributed by atoms with Crippen molar-refractivity contribution in [3.63, 3.8) is 0 Å². The fourth-order valence-electron chi connectivity index (χ4n) is 2.45. The van der Waals surface area contributed by atoms with Crippen LogP contribution in [-0.2, 0) is 10.2 Å². The van der Waals surface area contributed by atoms with Crippen molar-refractivity contribution >= 4 is 0 Å². The minimum absolute atomic E-state index is 0.282. The van der Waals surface area contributed by atoms with E-state index in [1.54, 1.807) is 6.07 Å². The average Bonchev–Trinajstić information content (AvgIpc) is 2.89. The number of hydrogen-bond donors (Lipinski definition) is 1. The highest BCUT2D eigenvalue weighted by Crippen LogP contribution is 2.53. The van der Waals surface area contributed by atoms with Gasteiger partial charge in [0.2, 0.25) is 0 Å². The first-order valence-corrected chi connectivity index (χ1v) is 5.40. The maximum atomic E-state index is 13.2. The minimum atomic E-state index is -0.819. The Morgan fingerprint density at radius 2 is 1.81 bits per heavy atom. The van der Waals surface area contributed by atoms with E-state index in [4.69, 9.17) is 10.5 Å². The Morgan fingerprint density at radius 1 is 1.12 bits per heavy atom. The van der Waals surface area contributed by atoms with Crippen molar-refractivity contribution in [2.45, 2.75) is 23.8 Å². The zero-order valence-corrected chi connectivity index (χ0v) is 8.80. The van der Waals surface area contributed by atoms with Gasteiger partial charge in [0.05, 0.1) is 18.6 Å². The summed E-state index contributed by atoms with van der Waals surface area (Å²) in [5, 5.41) is 0. The van der Waals surface area contributed by atoms with Gasteiger partial charge in [-0.15, -0.1) is 0 Å². The van der Waals surface area contributed by atoms with Gasteiger partial charge in [-0.1, -0.05) is 6.07 Å². The van der Waals surface area contributed by atoms with Crippen molar-refractivity contribution < 1.29 is 13.5 Å². The Balaban J connectivity index is 2.04. The highest BCUT2D eigenvalue weighted by molar-refractivity contribution is 5.37. The molecule has 2 nitrogen and oxygen atoms in total. The first-order chi connectivity index (χ1) is 7.57. The van der Waals surface area contributed by atoms with Gasteiger partial charge in [-0.05, 0) is 30.5 Å². The number of hydrogen-bond acceptors (Lipinski definition) is 2. The fourth-order valence-corrected chi connectivity index (χ4v) is 2.45. The molecule has 0 aromatic heterocycles. The summed E-state index contributed by atoms with van der Waals surface area (Å²) in [5.41, 5.74) is 6.39. The zero-order valence-electron chi connectivity index (χ0n) is 8.80. The monoisotopic (exact) mass is 225 g/mol. The van der Waals surface area contributed by atoms with Gasteiger partial charge in [-0.2, -0.15) is 0 Å². The second-order valence-electron chi connectivity index (χ2n) is 4.86. The third kappa shape index (κ3) is 1.17. The molecule has 16 heavy (non-hydrogen) atoms. The lowest BCUT2D eigenvalue weighted by molar-refractivity contribution is -0.0787. The Labute approximate surface area is 92.4 Å². The van der Waals surface area contributed by atoms with E-state index in [1.807, 2.05) is 0 Å². The first-order valence-electron chi connectivity index (χ1n) is 5.40. The van der Waals surface area contributed by atoms with Gasteiger partial charge in [-0.3, -0.25) is 0 Å². The van der Waals surface area contributed by atoms with Crippen molar-refractivity contribution in [2.24, 2.45) is 5.73 Å². The predicted octanol–water partition coefficient (Wildman–Crippen LogP) is 1.72. The number of nitrogens with two attached hydrogens (primary N) is 1. The van der Waals surface area contributed by atoms with Crippen LogP contribution in [0.15, 0.2) is 18.2 Å². The van der Waals surface area contributed by atoms with Crippen molar-refractivity contribution in [3.8, 4) is 0 Å². The van der Waals surface area contributed by atoms with E-state index in [0.717, 1.165) is 24.5 Å². The van der Waals surface area contributed by atoms with Gasteiger partial charge in [0.1, 0.15) is 0 Å². The smallest absolute Gasteiger partial charge is 0.159 e. The second kappa shape index (κ2) is 3.02. The summed E-state index contributed by atoms with van der Waals surface area (Å²) >= 11 is 0. The summed E-state index contributed by atoms with van der Waals surface area (Å²) in [6.45, 7) is 1.02. The van der Waals surface area contributed by atoms with Crippen LogP contribution in [0.4, 0.5) is 8.78 Å². The molecule has 0 spiro atoms. The van der Waals surface area contributed by atoms with Crippen LogP contribution < -0.4 is 5.73 Å². The largest absolute Gasteiger partial charge is 0.379 e. The fraction of sp³-hybridized carbons (Fsp3) is 0.500. The summed E-state index contributed by atoms with van der Waals surface area (Å²) in [6, 6.07) is 4.04. The molecule has 3 rings (SSSR count). The number of rotatable bonds is 2. The average molecular weight is 225 g/mol. The predicted molar refractivity (Wildman–Crippen MR) is 55.0 cm³/mol. The Hall–Kier alpha value is -1.00. The third-order valence-electron chi connectivity index (χ3n) is 3.91. The van der Waals surface area contributed by atoms with Crippen molar-refractivity contribution in [3.05, 3.63) is 35.4 Å². The maximum Gasteiger partial charge on any atom is 0.159 e. The highest BCUT2D eigenvalue weighted by atomic mass is 19.2. The van der Waals surface area contributed by atoms with Crippen LogP contribution in [0.5, 0.6) is 0 Å². The molecule has 0 amide bonds. The number of ether oxygens (including phenoxy) is 1. The quantitative estimate of drug-likeness (QED) is 0.831. The molecule has 0 atom stereocenters. The molecule has 1 heterocycles. The van der Waals surface area contributed by atoms with E-state index in [-0.39, 0.29) is 11.0 Å². The molecule has 0 unspecified atom stereocenters. The molecule has 2 aliphatic rings. The lowest BCUT2D eigenvalue weighted by atomic mass is 9.70. The highest BCUT2D eigenvalue weighted by Gasteiger charge is 2.61. The lowest BCUT2D eigenvalue weighted by Gasteiger charge is -2.47. The molecule has 86 valence electrons. The van der Waals surface area contributed by atoms with E-state index < -0.39 is 11.6 Å². The van der Waals surface area contributed by atoms with Gasteiger partial charge in [-0.25, -0.2) is 8.78 Å². The first kappa shape index (κ1) is 10.2. The van der Waals surface area contributed by atoms with Gasteiger partial charge in [0.15, 0.2) is 11.6 Å². The zero-order chi connectivity index (χ0) is 11.4. The van der Waals surface area contributed by atoms with E-state index in [9.17, 15) is 8.78 Å². The van der Waals surface area contributed by atoms with Crippen molar-refractivity contribution in [1.82, 2.24) is 0 Å². The molecule has 2 N–H and O–H groups in total. The maximum absolute atomic E-state index is 13.2. The van der Waals surface area contributed by atoms with Gasteiger partial charge < -0.3 is 10.5 Å². The second-order valence-corrected chi connectivity index (χ2v) is 4.86. The molecule has 1 aliphatic carbocycles. The molecule has 0 bridgehead atoms. The molecule has 4 heteroatoms. The SMILES string of the molecule is NC1(C2(c3ccc(F)c(F)c3)COC2)CC1. The number of halogens is 2.